The Kier molecular flexibility index (Phi) is 4.16. The van der Waals surface area contributed by atoms with Gasteiger partial charge in [0.15, 0.2) is 0 Å². The second-order valence-corrected chi connectivity index (χ2v) is 4.39. The molecule has 0 aliphatic heterocycles. The van der Waals surface area contributed by atoms with Crippen LogP contribution in [0.3, 0.4) is 0 Å². The van der Waals surface area contributed by atoms with Crippen molar-refractivity contribution in [3.8, 4) is 0 Å². The number of hydrogen-bond donors (Lipinski definition) is 2. The molecule has 0 unspecified atom stereocenters. The monoisotopic (exact) mass is 247 g/mol. The largest absolute Gasteiger partial charge is 0.416 e. The molecule has 0 fully saturated rings. The first-order chi connectivity index (χ1) is 7.73. The van der Waals surface area contributed by atoms with Crippen LogP contribution in [0.1, 0.15) is 31.1 Å². The van der Waals surface area contributed by atoms with E-state index in [1.54, 1.807) is 0 Å². The summed E-state index contributed by atoms with van der Waals surface area (Å²) in [7, 11) is 0. The highest BCUT2D eigenvalue weighted by Crippen LogP contribution is 2.31. The first-order valence-corrected chi connectivity index (χ1v) is 5.34. The molecule has 0 spiro atoms. The molecular formula is C12H16F3NO. The van der Waals surface area contributed by atoms with Gasteiger partial charge < -0.3 is 10.8 Å². The molecule has 0 heterocycles. The number of rotatable bonds is 3. The zero-order valence-electron chi connectivity index (χ0n) is 9.70. The van der Waals surface area contributed by atoms with E-state index in [0.29, 0.717) is 0 Å². The van der Waals surface area contributed by atoms with Crippen molar-refractivity contribution in [1.29, 1.82) is 0 Å². The summed E-state index contributed by atoms with van der Waals surface area (Å²) < 4.78 is 37.4. The molecule has 2 nitrogen and oxygen atoms in total. The van der Waals surface area contributed by atoms with Gasteiger partial charge in [-0.2, -0.15) is 13.2 Å². The molecule has 0 aromatic heterocycles. The average Bonchev–Trinajstić information content (AvgIpc) is 2.26. The van der Waals surface area contributed by atoms with Crippen molar-refractivity contribution in [2.24, 2.45) is 11.7 Å². The van der Waals surface area contributed by atoms with E-state index in [-0.39, 0.29) is 11.5 Å². The molecule has 2 atom stereocenters. The van der Waals surface area contributed by atoms with Crippen LogP contribution >= 0.6 is 0 Å². The quantitative estimate of drug-likeness (QED) is 0.862. The molecule has 0 saturated carbocycles. The minimum Gasteiger partial charge on any atom is -0.387 e. The van der Waals surface area contributed by atoms with Crippen molar-refractivity contribution in [1.82, 2.24) is 0 Å². The third kappa shape index (κ3) is 3.44. The fourth-order valence-corrected chi connectivity index (χ4v) is 1.49. The highest BCUT2D eigenvalue weighted by Gasteiger charge is 2.31. The van der Waals surface area contributed by atoms with Crippen LogP contribution in [0.25, 0.3) is 0 Å². The SMILES string of the molecule is CC(C)[C@H](N)[C@@H](O)c1cccc(C(F)(F)F)c1. The van der Waals surface area contributed by atoms with Crippen molar-refractivity contribution >= 4 is 0 Å². The minimum atomic E-state index is -4.41. The Morgan fingerprint density at radius 3 is 2.29 bits per heavy atom. The van der Waals surface area contributed by atoms with Crippen LogP contribution in [-0.4, -0.2) is 11.1 Å². The van der Waals surface area contributed by atoms with Crippen molar-refractivity contribution in [3.05, 3.63) is 35.4 Å². The fourth-order valence-electron chi connectivity index (χ4n) is 1.49. The van der Waals surface area contributed by atoms with Gasteiger partial charge in [-0.3, -0.25) is 0 Å². The van der Waals surface area contributed by atoms with Crippen molar-refractivity contribution in [2.45, 2.75) is 32.2 Å². The lowest BCUT2D eigenvalue weighted by atomic mass is 9.93. The summed E-state index contributed by atoms with van der Waals surface area (Å²) >= 11 is 0. The maximum Gasteiger partial charge on any atom is 0.416 e. The standard InChI is InChI=1S/C12H16F3NO/c1-7(2)10(16)11(17)8-4-3-5-9(6-8)12(13,14)15/h3-7,10-11,17H,16H2,1-2H3/t10-,11-/m0/s1. The molecule has 0 saturated heterocycles. The molecule has 17 heavy (non-hydrogen) atoms. The first kappa shape index (κ1) is 14.0. The Labute approximate surface area is 98.3 Å². The Balaban J connectivity index is 3.00. The second-order valence-electron chi connectivity index (χ2n) is 4.39. The number of nitrogens with two attached hydrogens (primary N) is 1. The van der Waals surface area contributed by atoms with E-state index in [4.69, 9.17) is 5.73 Å². The first-order valence-electron chi connectivity index (χ1n) is 5.34. The minimum absolute atomic E-state index is 0.0143. The normalized spacial score (nSPS) is 16.0. The van der Waals surface area contributed by atoms with E-state index in [9.17, 15) is 18.3 Å². The van der Waals surface area contributed by atoms with Gasteiger partial charge in [-0.05, 0) is 23.6 Å². The Morgan fingerprint density at radius 2 is 1.82 bits per heavy atom. The van der Waals surface area contributed by atoms with Gasteiger partial charge in [0.1, 0.15) is 0 Å². The van der Waals surface area contributed by atoms with Crippen LogP contribution < -0.4 is 5.73 Å². The summed E-state index contributed by atoms with van der Waals surface area (Å²) in [5.74, 6) is -0.0143. The maximum absolute atomic E-state index is 12.5. The zero-order chi connectivity index (χ0) is 13.2. The summed E-state index contributed by atoms with van der Waals surface area (Å²) in [6.45, 7) is 3.61. The van der Waals surface area contributed by atoms with E-state index in [1.165, 1.54) is 12.1 Å². The lowest BCUT2D eigenvalue weighted by Crippen LogP contribution is -2.33. The van der Waals surface area contributed by atoms with E-state index in [2.05, 4.69) is 0 Å². The smallest absolute Gasteiger partial charge is 0.387 e. The number of benzene rings is 1. The summed E-state index contributed by atoms with van der Waals surface area (Å²) in [5, 5.41) is 9.86. The lowest BCUT2D eigenvalue weighted by molar-refractivity contribution is -0.137. The molecule has 3 N–H and O–H groups in total. The molecule has 0 aliphatic carbocycles. The van der Waals surface area contributed by atoms with Crippen molar-refractivity contribution < 1.29 is 18.3 Å². The van der Waals surface area contributed by atoms with Crippen LogP contribution in [0.2, 0.25) is 0 Å². The van der Waals surface area contributed by atoms with E-state index in [0.717, 1.165) is 12.1 Å². The van der Waals surface area contributed by atoms with Gasteiger partial charge in [0, 0.05) is 6.04 Å². The van der Waals surface area contributed by atoms with Gasteiger partial charge in [-0.1, -0.05) is 26.0 Å². The zero-order valence-corrected chi connectivity index (χ0v) is 9.70. The third-order valence-electron chi connectivity index (χ3n) is 2.69. The number of aliphatic hydroxyl groups excluding tert-OH is 1. The number of aliphatic hydroxyl groups is 1. The van der Waals surface area contributed by atoms with E-state index >= 15 is 0 Å². The molecule has 1 aromatic carbocycles. The molecule has 0 radical (unpaired) electrons. The van der Waals surface area contributed by atoms with Gasteiger partial charge in [0.25, 0.3) is 0 Å². The van der Waals surface area contributed by atoms with Gasteiger partial charge in [-0.15, -0.1) is 0 Å². The highest BCUT2D eigenvalue weighted by atomic mass is 19.4. The summed E-state index contributed by atoms with van der Waals surface area (Å²) in [6, 6.07) is 4.04. The molecule has 0 amide bonds. The van der Waals surface area contributed by atoms with E-state index < -0.39 is 23.9 Å². The lowest BCUT2D eigenvalue weighted by Gasteiger charge is -2.23. The topological polar surface area (TPSA) is 46.2 Å². The predicted molar refractivity (Wildman–Crippen MR) is 59.2 cm³/mol. The maximum atomic E-state index is 12.5. The van der Waals surface area contributed by atoms with Crippen LogP contribution in [-0.2, 0) is 6.18 Å². The van der Waals surface area contributed by atoms with Crippen molar-refractivity contribution in [3.63, 3.8) is 0 Å². The third-order valence-corrected chi connectivity index (χ3v) is 2.69. The average molecular weight is 247 g/mol. The molecule has 1 aromatic rings. The summed E-state index contributed by atoms with van der Waals surface area (Å²) in [6.07, 6.45) is -5.49. The Bertz CT molecular complexity index is 376. The molecule has 0 bridgehead atoms. The fraction of sp³-hybridized carbons (Fsp3) is 0.500. The van der Waals surface area contributed by atoms with Gasteiger partial charge >= 0.3 is 6.18 Å². The second kappa shape index (κ2) is 5.06. The molecule has 1 rings (SSSR count). The van der Waals surface area contributed by atoms with Crippen LogP contribution in [0.4, 0.5) is 13.2 Å². The van der Waals surface area contributed by atoms with Crippen LogP contribution in [0.5, 0.6) is 0 Å². The van der Waals surface area contributed by atoms with Gasteiger partial charge in [-0.25, -0.2) is 0 Å². The Morgan fingerprint density at radius 1 is 1.24 bits per heavy atom. The Hall–Kier alpha value is -1.07. The van der Waals surface area contributed by atoms with Crippen LogP contribution in [0, 0.1) is 5.92 Å². The molecule has 96 valence electrons. The molecular weight excluding hydrogens is 231 g/mol. The highest BCUT2D eigenvalue weighted by molar-refractivity contribution is 5.28. The predicted octanol–water partition coefficient (Wildman–Crippen LogP) is 2.72. The number of hydrogen-bond acceptors (Lipinski definition) is 2. The van der Waals surface area contributed by atoms with Gasteiger partial charge in [0.2, 0.25) is 0 Å². The number of halogens is 3. The number of alkyl halides is 3. The molecule has 0 aliphatic rings. The van der Waals surface area contributed by atoms with Crippen molar-refractivity contribution in [2.75, 3.05) is 0 Å². The summed E-state index contributed by atoms with van der Waals surface area (Å²) in [4.78, 5) is 0. The summed E-state index contributed by atoms with van der Waals surface area (Å²) in [5.41, 5.74) is 5.14. The van der Waals surface area contributed by atoms with Crippen LogP contribution in [0.15, 0.2) is 24.3 Å². The van der Waals surface area contributed by atoms with E-state index in [1.807, 2.05) is 13.8 Å². The van der Waals surface area contributed by atoms with Gasteiger partial charge in [0.05, 0.1) is 11.7 Å². The molecule has 5 heteroatoms.